The van der Waals surface area contributed by atoms with Gasteiger partial charge in [-0.2, -0.15) is 0 Å². The number of aldehydes is 1. The van der Waals surface area contributed by atoms with Crippen LogP contribution >= 0.6 is 0 Å². The summed E-state index contributed by atoms with van der Waals surface area (Å²) in [6.45, 7) is 11.1. The van der Waals surface area contributed by atoms with Gasteiger partial charge in [0.2, 0.25) is 0 Å². The molecule has 1 saturated heterocycles. The van der Waals surface area contributed by atoms with Crippen LogP contribution in [-0.2, 0) is 0 Å². The van der Waals surface area contributed by atoms with E-state index in [1.807, 2.05) is 12.1 Å². The first-order chi connectivity index (χ1) is 11.6. The fourth-order valence-corrected chi connectivity index (χ4v) is 3.78. The summed E-state index contributed by atoms with van der Waals surface area (Å²) in [5.74, 6) is 0. The number of quaternary nitrogens is 1. The molecular formula is C21H27N2O+. The largest absolute Gasteiger partial charge is 0.360 e. The van der Waals surface area contributed by atoms with Crippen molar-refractivity contribution in [3.63, 3.8) is 0 Å². The van der Waals surface area contributed by atoms with E-state index in [0.29, 0.717) is 6.04 Å². The molecule has 0 amide bonds. The molecule has 3 heteroatoms. The van der Waals surface area contributed by atoms with Crippen LogP contribution in [0, 0.1) is 13.8 Å². The third-order valence-electron chi connectivity index (χ3n) is 5.30. The number of rotatable bonds is 4. The van der Waals surface area contributed by atoms with Crippen molar-refractivity contribution >= 4 is 12.0 Å². The second-order valence-corrected chi connectivity index (χ2v) is 6.94. The van der Waals surface area contributed by atoms with Crippen molar-refractivity contribution in [2.75, 3.05) is 31.1 Å². The zero-order valence-corrected chi connectivity index (χ0v) is 14.9. The molecule has 1 aliphatic heterocycles. The van der Waals surface area contributed by atoms with Crippen molar-refractivity contribution in [2.24, 2.45) is 0 Å². The van der Waals surface area contributed by atoms with E-state index in [-0.39, 0.29) is 0 Å². The van der Waals surface area contributed by atoms with Gasteiger partial charge in [0.05, 0.1) is 26.2 Å². The van der Waals surface area contributed by atoms with Crippen molar-refractivity contribution in [3.05, 3.63) is 64.7 Å². The monoisotopic (exact) mass is 323 g/mol. The SMILES string of the molecule is Cc1ccc([C@@H](C)[NH+]2CCN(c3ccc(C=O)cc3)CC2)c(C)c1. The zero-order chi connectivity index (χ0) is 17.1. The van der Waals surface area contributed by atoms with Gasteiger partial charge in [0, 0.05) is 16.8 Å². The average Bonchev–Trinajstić information content (AvgIpc) is 2.61. The van der Waals surface area contributed by atoms with Gasteiger partial charge in [-0.15, -0.1) is 0 Å². The smallest absolute Gasteiger partial charge is 0.150 e. The Kier molecular flexibility index (Phi) is 5.00. The highest BCUT2D eigenvalue weighted by molar-refractivity contribution is 5.75. The summed E-state index contributed by atoms with van der Waals surface area (Å²) in [4.78, 5) is 14.9. The van der Waals surface area contributed by atoms with Gasteiger partial charge in [-0.25, -0.2) is 0 Å². The number of anilines is 1. The Morgan fingerprint density at radius 3 is 2.29 bits per heavy atom. The van der Waals surface area contributed by atoms with E-state index in [2.05, 4.69) is 56.0 Å². The van der Waals surface area contributed by atoms with Crippen molar-refractivity contribution in [2.45, 2.75) is 26.8 Å². The minimum absolute atomic E-state index is 0.533. The van der Waals surface area contributed by atoms with Gasteiger partial charge in [-0.05, 0) is 50.6 Å². The summed E-state index contributed by atoms with van der Waals surface area (Å²) in [5, 5.41) is 0. The molecule has 2 aromatic rings. The number of piperazine rings is 1. The van der Waals surface area contributed by atoms with E-state index in [1.54, 1.807) is 4.90 Å². The normalized spacial score (nSPS) is 16.9. The molecule has 2 aromatic carbocycles. The van der Waals surface area contributed by atoms with Crippen LogP contribution in [-0.4, -0.2) is 32.5 Å². The van der Waals surface area contributed by atoms with Crippen LogP contribution in [0.2, 0.25) is 0 Å². The summed E-state index contributed by atoms with van der Waals surface area (Å²) in [6, 6.07) is 15.3. The lowest BCUT2D eigenvalue weighted by Gasteiger charge is -2.37. The fourth-order valence-electron chi connectivity index (χ4n) is 3.78. The molecule has 0 aromatic heterocycles. The van der Waals surface area contributed by atoms with E-state index < -0.39 is 0 Å². The van der Waals surface area contributed by atoms with Crippen LogP contribution in [0.15, 0.2) is 42.5 Å². The first-order valence-electron chi connectivity index (χ1n) is 8.80. The molecule has 1 heterocycles. The number of hydrogen-bond donors (Lipinski definition) is 1. The van der Waals surface area contributed by atoms with Crippen molar-refractivity contribution in [1.29, 1.82) is 0 Å². The summed E-state index contributed by atoms with van der Waals surface area (Å²) in [5.41, 5.74) is 6.17. The summed E-state index contributed by atoms with van der Waals surface area (Å²) in [6.07, 6.45) is 0.900. The average molecular weight is 323 g/mol. The summed E-state index contributed by atoms with van der Waals surface area (Å²) >= 11 is 0. The lowest BCUT2D eigenvalue weighted by molar-refractivity contribution is -0.930. The maximum atomic E-state index is 10.8. The molecule has 1 N–H and O–H groups in total. The van der Waals surface area contributed by atoms with Gasteiger partial charge in [0.15, 0.2) is 0 Å². The Morgan fingerprint density at radius 1 is 1.04 bits per heavy atom. The van der Waals surface area contributed by atoms with E-state index >= 15 is 0 Å². The van der Waals surface area contributed by atoms with Gasteiger partial charge in [-0.1, -0.05) is 23.8 Å². The van der Waals surface area contributed by atoms with Gasteiger partial charge in [-0.3, -0.25) is 4.79 Å². The van der Waals surface area contributed by atoms with Crippen LogP contribution < -0.4 is 9.80 Å². The third-order valence-corrected chi connectivity index (χ3v) is 5.30. The lowest BCUT2D eigenvalue weighted by atomic mass is 9.98. The molecule has 1 aliphatic rings. The van der Waals surface area contributed by atoms with Crippen molar-refractivity contribution < 1.29 is 9.69 Å². The predicted octanol–water partition coefficient (Wildman–Crippen LogP) is 2.58. The molecule has 0 spiro atoms. The van der Waals surface area contributed by atoms with Gasteiger partial charge < -0.3 is 9.80 Å². The molecule has 1 atom stereocenters. The Labute approximate surface area is 144 Å². The molecule has 24 heavy (non-hydrogen) atoms. The van der Waals surface area contributed by atoms with Crippen LogP contribution in [0.4, 0.5) is 5.69 Å². The van der Waals surface area contributed by atoms with Gasteiger partial charge in [0.25, 0.3) is 0 Å². The number of nitrogens with one attached hydrogen (secondary N) is 1. The highest BCUT2D eigenvalue weighted by Crippen LogP contribution is 2.18. The molecule has 0 saturated carbocycles. The maximum Gasteiger partial charge on any atom is 0.150 e. The van der Waals surface area contributed by atoms with Gasteiger partial charge >= 0.3 is 0 Å². The second kappa shape index (κ2) is 7.18. The first kappa shape index (κ1) is 16.7. The molecule has 0 aliphatic carbocycles. The Balaban J connectivity index is 1.64. The van der Waals surface area contributed by atoms with Gasteiger partial charge in [0.1, 0.15) is 12.3 Å². The van der Waals surface area contributed by atoms with Crippen LogP contribution in [0.3, 0.4) is 0 Å². The van der Waals surface area contributed by atoms with E-state index in [4.69, 9.17) is 0 Å². The van der Waals surface area contributed by atoms with E-state index in [1.165, 1.54) is 22.4 Å². The minimum Gasteiger partial charge on any atom is -0.360 e. The highest BCUT2D eigenvalue weighted by Gasteiger charge is 2.26. The van der Waals surface area contributed by atoms with Crippen LogP contribution in [0.25, 0.3) is 0 Å². The minimum atomic E-state index is 0.533. The predicted molar refractivity (Wildman–Crippen MR) is 99.1 cm³/mol. The topological polar surface area (TPSA) is 24.8 Å². The van der Waals surface area contributed by atoms with E-state index in [9.17, 15) is 4.79 Å². The second-order valence-electron chi connectivity index (χ2n) is 6.94. The number of benzene rings is 2. The number of hydrogen-bond acceptors (Lipinski definition) is 2. The first-order valence-corrected chi connectivity index (χ1v) is 8.80. The number of carbonyl (C=O) groups excluding carboxylic acids is 1. The van der Waals surface area contributed by atoms with Crippen LogP contribution in [0.5, 0.6) is 0 Å². The molecule has 0 bridgehead atoms. The molecule has 0 unspecified atom stereocenters. The Hall–Kier alpha value is -2.13. The molecule has 3 rings (SSSR count). The fraction of sp³-hybridized carbons (Fsp3) is 0.381. The number of nitrogens with zero attached hydrogens (tertiary/aromatic N) is 1. The highest BCUT2D eigenvalue weighted by atomic mass is 16.1. The number of carbonyl (C=O) groups is 1. The summed E-state index contributed by atoms with van der Waals surface area (Å²) in [7, 11) is 0. The molecule has 1 fully saturated rings. The van der Waals surface area contributed by atoms with E-state index in [0.717, 1.165) is 38.0 Å². The Bertz CT molecular complexity index is 700. The Morgan fingerprint density at radius 2 is 1.71 bits per heavy atom. The molecule has 3 nitrogen and oxygen atoms in total. The zero-order valence-electron chi connectivity index (χ0n) is 14.9. The lowest BCUT2D eigenvalue weighted by Crippen LogP contribution is -3.14. The summed E-state index contributed by atoms with van der Waals surface area (Å²) < 4.78 is 0. The standard InChI is InChI=1S/C21H26N2O/c1-16-4-9-21(17(2)14-16)18(3)22-10-12-23(13-11-22)20-7-5-19(15-24)6-8-20/h4-9,14-15,18H,10-13H2,1-3H3/p+1/t18-/m1/s1. The molecule has 126 valence electrons. The molecule has 0 radical (unpaired) electrons. The quantitative estimate of drug-likeness (QED) is 0.875. The van der Waals surface area contributed by atoms with Crippen LogP contribution in [0.1, 0.15) is 40.0 Å². The third kappa shape index (κ3) is 3.51. The van der Waals surface area contributed by atoms with Crippen molar-refractivity contribution in [3.8, 4) is 0 Å². The maximum absolute atomic E-state index is 10.8. The van der Waals surface area contributed by atoms with Crippen molar-refractivity contribution in [1.82, 2.24) is 0 Å². The molecular weight excluding hydrogens is 296 g/mol. The number of aryl methyl sites for hydroxylation is 2.